The van der Waals surface area contributed by atoms with Crippen molar-refractivity contribution in [3.63, 3.8) is 0 Å². The Morgan fingerprint density at radius 1 is 0.303 bits per heavy atom. The van der Waals surface area contributed by atoms with Crippen LogP contribution in [-0.4, -0.2) is 9.97 Å². The average Bonchev–Trinajstić information content (AvgIpc) is 4.02. The molecule has 10 aromatic carbocycles. The molecule has 14 rings (SSSR count). The predicted octanol–water partition coefficient (Wildman–Crippen LogP) is 18.2. The maximum absolute atomic E-state index is 4.69. The topological polar surface area (TPSA) is 25.8 Å². The molecule has 0 atom stereocenters. The molecule has 0 aliphatic heterocycles. The first-order valence-corrected chi connectivity index (χ1v) is 25.8. The number of benzene rings is 10. The van der Waals surface area contributed by atoms with Crippen molar-refractivity contribution in [1.82, 2.24) is 9.97 Å². The van der Waals surface area contributed by atoms with E-state index in [0.29, 0.717) is 0 Å². The Labute approximate surface area is 459 Å². The zero-order valence-electron chi connectivity index (χ0n) is 41.7. The van der Waals surface area contributed by atoms with Crippen molar-refractivity contribution < 1.29 is 20.1 Å². The van der Waals surface area contributed by atoms with Gasteiger partial charge in [0, 0.05) is 37.9 Å². The Kier molecular flexibility index (Phi) is 13.4. The standard InChI is InChI=1S/C62H42N.C11H8N.Ir/c1-3-11-42(12-4-1)44-20-24-46(25-21-44)48-15-9-17-50(35-48)52-30-32-57-58-33-31-53(51-18-10-16-49(36-51)47-26-22-45(23-27-47)43-13-5-2-6-14-43)39-60(58)62(59(57)38-52)40-55-29-28-54(37-56(55)41-62)61-19-7-8-34-63-61;1-2-6-10(7-3-1)11-8-4-5-9-12-11;/h1-27,29-39H,40-41H2;1-6,8-9H;/q2*-1;. The monoisotopic (exact) mass is 1150 g/mol. The van der Waals surface area contributed by atoms with Gasteiger partial charge in [0.15, 0.2) is 0 Å². The van der Waals surface area contributed by atoms with E-state index in [9.17, 15) is 0 Å². The molecule has 2 aliphatic carbocycles. The normalized spacial score (nSPS) is 12.4. The summed E-state index contributed by atoms with van der Waals surface area (Å²) in [5.41, 5.74) is 26.8. The van der Waals surface area contributed by atoms with Crippen LogP contribution in [0.4, 0.5) is 0 Å². The van der Waals surface area contributed by atoms with Crippen molar-refractivity contribution >= 4 is 0 Å². The van der Waals surface area contributed by atoms with Crippen molar-refractivity contribution in [2.75, 3.05) is 0 Å². The molecule has 1 radical (unpaired) electrons. The number of hydrogen-bond acceptors (Lipinski definition) is 2. The minimum Gasteiger partial charge on any atom is -0.305 e. The van der Waals surface area contributed by atoms with E-state index in [1.807, 2.05) is 54.7 Å². The Morgan fingerprint density at radius 2 is 0.697 bits per heavy atom. The molecule has 1 spiro atoms. The SMILES string of the molecule is [Ir].[c-]1cc2c(cc1-c1ccccn1)CC1(C2)c2cc(-c3cccc(-c4ccc(-c5ccccc5)cc4)c3)ccc2-c2ccc(-c3cccc(-c4ccc(-c5ccccc5)cc4)c3)cc21.[c-]1ccccc1-c1ccccn1. The van der Waals surface area contributed by atoms with Gasteiger partial charge in [0.05, 0.1) is 0 Å². The van der Waals surface area contributed by atoms with Gasteiger partial charge in [-0.2, -0.15) is 0 Å². The molecule has 0 bridgehead atoms. The molecule has 0 saturated heterocycles. The van der Waals surface area contributed by atoms with Gasteiger partial charge in [-0.05, 0) is 150 Å². The van der Waals surface area contributed by atoms with E-state index in [2.05, 4.69) is 240 Å². The smallest absolute Gasteiger partial charge is 0.0201 e. The zero-order valence-corrected chi connectivity index (χ0v) is 44.1. The largest absolute Gasteiger partial charge is 0.305 e. The quantitative estimate of drug-likeness (QED) is 0.142. The molecule has 0 saturated carbocycles. The van der Waals surface area contributed by atoms with Crippen LogP contribution in [0.1, 0.15) is 22.3 Å². The second-order valence-electron chi connectivity index (χ2n) is 19.6. The second-order valence-corrected chi connectivity index (χ2v) is 19.6. The van der Waals surface area contributed by atoms with Crippen molar-refractivity contribution in [2.45, 2.75) is 18.3 Å². The third kappa shape index (κ3) is 9.48. The van der Waals surface area contributed by atoms with Gasteiger partial charge in [0.1, 0.15) is 0 Å². The summed E-state index contributed by atoms with van der Waals surface area (Å²) in [6, 6.07) is 103. The van der Waals surface area contributed by atoms with E-state index < -0.39 is 0 Å². The first-order valence-electron chi connectivity index (χ1n) is 25.8. The predicted molar refractivity (Wildman–Crippen MR) is 310 cm³/mol. The summed E-state index contributed by atoms with van der Waals surface area (Å²) >= 11 is 0. The van der Waals surface area contributed by atoms with Crippen molar-refractivity contribution in [3.8, 4) is 100 Å². The van der Waals surface area contributed by atoms with Gasteiger partial charge in [-0.25, -0.2) is 0 Å². The van der Waals surface area contributed by atoms with Gasteiger partial charge in [-0.1, -0.05) is 194 Å². The molecular weight excluding hydrogens is 1100 g/mol. The molecule has 12 aromatic rings. The van der Waals surface area contributed by atoms with Crippen LogP contribution < -0.4 is 0 Å². The fourth-order valence-corrected chi connectivity index (χ4v) is 11.3. The Bertz CT molecular complexity index is 3740. The molecule has 2 aromatic heterocycles. The van der Waals surface area contributed by atoms with Crippen LogP contribution in [-0.2, 0) is 38.4 Å². The molecule has 2 nitrogen and oxygen atoms in total. The molecule has 0 unspecified atom stereocenters. The molecule has 363 valence electrons. The summed E-state index contributed by atoms with van der Waals surface area (Å²) < 4.78 is 0. The molecular formula is C73H50IrN2-2. The van der Waals surface area contributed by atoms with Gasteiger partial charge in [-0.3, -0.25) is 0 Å². The van der Waals surface area contributed by atoms with Crippen molar-refractivity contribution in [1.29, 1.82) is 0 Å². The van der Waals surface area contributed by atoms with Crippen LogP contribution >= 0.6 is 0 Å². The second kappa shape index (κ2) is 21.2. The Morgan fingerprint density at radius 3 is 1.17 bits per heavy atom. The number of aromatic nitrogens is 2. The summed E-state index contributed by atoms with van der Waals surface area (Å²) in [6.07, 6.45) is 5.51. The number of pyridine rings is 2. The molecule has 3 heteroatoms. The number of hydrogen-bond donors (Lipinski definition) is 0. The first-order chi connectivity index (χ1) is 37.1. The Hall–Kier alpha value is -8.85. The van der Waals surface area contributed by atoms with E-state index in [1.165, 1.54) is 100 Å². The van der Waals surface area contributed by atoms with Crippen LogP contribution in [0.3, 0.4) is 0 Å². The van der Waals surface area contributed by atoms with E-state index >= 15 is 0 Å². The van der Waals surface area contributed by atoms with Crippen LogP contribution in [0.2, 0.25) is 0 Å². The number of rotatable bonds is 8. The summed E-state index contributed by atoms with van der Waals surface area (Å²) in [5, 5.41) is 0. The van der Waals surface area contributed by atoms with E-state index in [-0.39, 0.29) is 25.5 Å². The fraction of sp³-hybridized carbons (Fsp3) is 0.0411. The summed E-state index contributed by atoms with van der Waals surface area (Å²) in [6.45, 7) is 0. The van der Waals surface area contributed by atoms with Crippen molar-refractivity contribution in [2.24, 2.45) is 0 Å². The molecule has 0 amide bonds. The minimum atomic E-state index is -0.217. The maximum atomic E-state index is 4.69. The van der Waals surface area contributed by atoms with Gasteiger partial charge in [-0.15, -0.1) is 70.8 Å². The number of fused-ring (bicyclic) bond motifs is 6. The van der Waals surface area contributed by atoms with Crippen LogP contribution in [0.25, 0.3) is 100 Å². The summed E-state index contributed by atoms with van der Waals surface area (Å²) in [4.78, 5) is 8.91. The summed E-state index contributed by atoms with van der Waals surface area (Å²) in [7, 11) is 0. The van der Waals surface area contributed by atoms with Gasteiger partial charge in [0.2, 0.25) is 0 Å². The molecule has 76 heavy (non-hydrogen) atoms. The maximum Gasteiger partial charge on any atom is 0.0201 e. The summed E-state index contributed by atoms with van der Waals surface area (Å²) in [5.74, 6) is 0. The van der Waals surface area contributed by atoms with Crippen LogP contribution in [0.15, 0.2) is 279 Å². The zero-order chi connectivity index (χ0) is 50.0. The number of nitrogens with zero attached hydrogens (tertiary/aromatic N) is 2. The Balaban J connectivity index is 0.000000395. The molecule has 0 fully saturated rings. The minimum absolute atomic E-state index is 0. The van der Waals surface area contributed by atoms with Gasteiger partial charge < -0.3 is 9.97 Å². The van der Waals surface area contributed by atoms with Crippen molar-refractivity contribution in [3.05, 3.63) is 314 Å². The third-order valence-electron chi connectivity index (χ3n) is 15.1. The molecule has 2 heterocycles. The first kappa shape index (κ1) is 48.1. The fourth-order valence-electron chi connectivity index (χ4n) is 11.3. The molecule has 2 aliphatic rings. The average molecular weight is 1150 g/mol. The van der Waals surface area contributed by atoms with Gasteiger partial charge in [0.25, 0.3) is 0 Å². The van der Waals surface area contributed by atoms with Gasteiger partial charge >= 0.3 is 0 Å². The third-order valence-corrected chi connectivity index (χ3v) is 15.1. The van der Waals surface area contributed by atoms with E-state index in [0.717, 1.165) is 35.4 Å². The van der Waals surface area contributed by atoms with E-state index in [1.54, 1.807) is 6.20 Å². The molecule has 0 N–H and O–H groups in total. The van der Waals surface area contributed by atoms with E-state index in [4.69, 9.17) is 0 Å². The van der Waals surface area contributed by atoms with Crippen LogP contribution in [0, 0.1) is 12.1 Å². The van der Waals surface area contributed by atoms with Crippen LogP contribution in [0.5, 0.6) is 0 Å².